The zero-order chi connectivity index (χ0) is 4.57. The Morgan fingerprint density at radius 1 is 1.50 bits per heavy atom. The Hall–Kier alpha value is 0.310. The summed E-state index contributed by atoms with van der Waals surface area (Å²) in [6, 6.07) is 0.465. The standard InChI is InChI=1S/C4H9NS/c5-3-1-4(6)2-3/h3-4,6H,1-2,5H2/t3-,4+. The van der Waals surface area contributed by atoms with Crippen LogP contribution in [0.5, 0.6) is 0 Å². The van der Waals surface area contributed by atoms with E-state index in [0.717, 1.165) is 12.8 Å². The van der Waals surface area contributed by atoms with Gasteiger partial charge in [-0.3, -0.25) is 0 Å². The largest absolute Gasteiger partial charge is 0.328 e. The Balaban J connectivity index is 2.11. The van der Waals surface area contributed by atoms with Gasteiger partial charge in [-0.1, -0.05) is 0 Å². The van der Waals surface area contributed by atoms with Crippen molar-refractivity contribution in [2.75, 3.05) is 0 Å². The van der Waals surface area contributed by atoms with Crippen LogP contribution in [0.15, 0.2) is 0 Å². The van der Waals surface area contributed by atoms with Gasteiger partial charge in [-0.05, 0) is 12.8 Å². The Kier molecular flexibility index (Phi) is 1.06. The van der Waals surface area contributed by atoms with Crippen LogP contribution in [0.25, 0.3) is 0 Å². The third-order valence-electron chi connectivity index (χ3n) is 1.15. The number of hydrogen-bond donors (Lipinski definition) is 2. The minimum atomic E-state index is 0.465. The van der Waals surface area contributed by atoms with Crippen LogP contribution in [0.3, 0.4) is 0 Å². The maximum atomic E-state index is 5.42. The van der Waals surface area contributed by atoms with E-state index < -0.39 is 0 Å². The first kappa shape index (κ1) is 4.47. The minimum Gasteiger partial charge on any atom is -0.328 e. The van der Waals surface area contributed by atoms with Crippen LogP contribution >= 0.6 is 12.6 Å². The Labute approximate surface area is 43.3 Å². The molecule has 0 heterocycles. The molecule has 2 N–H and O–H groups in total. The molecule has 1 aliphatic rings. The molecule has 0 amide bonds. The van der Waals surface area contributed by atoms with Gasteiger partial charge in [-0.2, -0.15) is 12.6 Å². The summed E-state index contributed by atoms with van der Waals surface area (Å²) in [7, 11) is 0. The van der Waals surface area contributed by atoms with Crippen molar-refractivity contribution in [3.63, 3.8) is 0 Å². The molecular formula is C4H9NS. The zero-order valence-corrected chi connectivity index (χ0v) is 4.49. The summed E-state index contributed by atoms with van der Waals surface area (Å²) < 4.78 is 0. The molecule has 0 spiro atoms. The van der Waals surface area contributed by atoms with Crippen LogP contribution in [-0.4, -0.2) is 11.3 Å². The number of hydrogen-bond acceptors (Lipinski definition) is 2. The monoisotopic (exact) mass is 103 g/mol. The molecule has 1 aliphatic carbocycles. The van der Waals surface area contributed by atoms with Crippen LogP contribution in [0.1, 0.15) is 12.8 Å². The molecular weight excluding hydrogens is 94.1 g/mol. The van der Waals surface area contributed by atoms with E-state index in [0.29, 0.717) is 11.3 Å². The van der Waals surface area contributed by atoms with Gasteiger partial charge < -0.3 is 5.73 Å². The van der Waals surface area contributed by atoms with E-state index >= 15 is 0 Å². The lowest BCUT2D eigenvalue weighted by molar-refractivity contribution is 0.435. The van der Waals surface area contributed by atoms with E-state index in [1.807, 2.05) is 0 Å². The summed E-state index contributed by atoms with van der Waals surface area (Å²) in [6.07, 6.45) is 2.23. The molecule has 0 aromatic heterocycles. The number of thiol groups is 1. The number of nitrogens with two attached hydrogens (primary N) is 1. The summed E-state index contributed by atoms with van der Waals surface area (Å²) in [5, 5.41) is 0.611. The van der Waals surface area contributed by atoms with Crippen molar-refractivity contribution in [2.24, 2.45) is 5.73 Å². The highest BCUT2D eigenvalue weighted by molar-refractivity contribution is 7.81. The summed E-state index contributed by atoms with van der Waals surface area (Å²) in [6.45, 7) is 0. The van der Waals surface area contributed by atoms with Crippen molar-refractivity contribution in [2.45, 2.75) is 24.1 Å². The SMILES string of the molecule is N[C@H]1C[C@@H](S)C1. The molecule has 0 aromatic carbocycles. The van der Waals surface area contributed by atoms with Crippen LogP contribution in [-0.2, 0) is 0 Å². The second-order valence-corrected chi connectivity index (χ2v) is 2.62. The van der Waals surface area contributed by atoms with Gasteiger partial charge in [0.1, 0.15) is 0 Å². The lowest BCUT2D eigenvalue weighted by Crippen LogP contribution is -2.36. The van der Waals surface area contributed by atoms with Crippen molar-refractivity contribution in [3.8, 4) is 0 Å². The third kappa shape index (κ3) is 0.684. The van der Waals surface area contributed by atoms with Gasteiger partial charge in [0, 0.05) is 11.3 Å². The molecule has 0 bridgehead atoms. The molecule has 1 rings (SSSR count). The molecule has 1 nitrogen and oxygen atoms in total. The zero-order valence-electron chi connectivity index (χ0n) is 3.59. The van der Waals surface area contributed by atoms with E-state index in [1.165, 1.54) is 0 Å². The van der Waals surface area contributed by atoms with Gasteiger partial charge in [0.05, 0.1) is 0 Å². The fourth-order valence-electron chi connectivity index (χ4n) is 0.630. The molecule has 0 aromatic rings. The van der Waals surface area contributed by atoms with E-state index in [4.69, 9.17) is 5.73 Å². The van der Waals surface area contributed by atoms with Gasteiger partial charge in [-0.25, -0.2) is 0 Å². The first-order valence-electron chi connectivity index (χ1n) is 2.22. The molecule has 2 heteroatoms. The highest BCUT2D eigenvalue weighted by Crippen LogP contribution is 2.22. The van der Waals surface area contributed by atoms with Gasteiger partial charge in [0.2, 0.25) is 0 Å². The van der Waals surface area contributed by atoms with Gasteiger partial charge >= 0.3 is 0 Å². The second-order valence-electron chi connectivity index (χ2n) is 1.89. The van der Waals surface area contributed by atoms with Crippen LogP contribution < -0.4 is 5.73 Å². The highest BCUT2D eigenvalue weighted by Gasteiger charge is 2.21. The van der Waals surface area contributed by atoms with Gasteiger partial charge in [0.15, 0.2) is 0 Å². The van der Waals surface area contributed by atoms with Crippen molar-refractivity contribution in [1.29, 1.82) is 0 Å². The predicted octanol–water partition coefficient (Wildman–Crippen LogP) is 0.406. The molecule has 36 valence electrons. The molecule has 1 fully saturated rings. The van der Waals surface area contributed by atoms with Crippen molar-refractivity contribution in [3.05, 3.63) is 0 Å². The summed E-state index contributed by atoms with van der Waals surface area (Å²) in [5.41, 5.74) is 5.42. The maximum absolute atomic E-state index is 5.42. The fourth-order valence-corrected chi connectivity index (χ4v) is 1.17. The van der Waals surface area contributed by atoms with Crippen LogP contribution in [0.2, 0.25) is 0 Å². The van der Waals surface area contributed by atoms with E-state index in [9.17, 15) is 0 Å². The molecule has 0 saturated heterocycles. The quantitative estimate of drug-likeness (QED) is 0.427. The van der Waals surface area contributed by atoms with E-state index in [1.54, 1.807) is 0 Å². The smallest absolute Gasteiger partial charge is 0.00597 e. The molecule has 0 aliphatic heterocycles. The average Bonchev–Trinajstić information content (AvgIpc) is 1.33. The van der Waals surface area contributed by atoms with Gasteiger partial charge in [-0.15, -0.1) is 0 Å². The first-order valence-corrected chi connectivity index (χ1v) is 2.74. The second kappa shape index (κ2) is 1.43. The van der Waals surface area contributed by atoms with Crippen LogP contribution in [0.4, 0.5) is 0 Å². The first-order chi connectivity index (χ1) is 2.79. The molecule has 1 saturated carbocycles. The minimum absolute atomic E-state index is 0.465. The van der Waals surface area contributed by atoms with Crippen molar-refractivity contribution < 1.29 is 0 Å². The van der Waals surface area contributed by atoms with E-state index in [2.05, 4.69) is 12.6 Å². The van der Waals surface area contributed by atoms with Crippen molar-refractivity contribution in [1.82, 2.24) is 0 Å². The predicted molar refractivity (Wildman–Crippen MR) is 30.0 cm³/mol. The lowest BCUT2D eigenvalue weighted by Gasteiger charge is -2.27. The Morgan fingerprint density at radius 2 is 2.00 bits per heavy atom. The average molecular weight is 103 g/mol. The fraction of sp³-hybridized carbons (Fsp3) is 1.00. The third-order valence-corrected chi connectivity index (χ3v) is 1.57. The molecule has 0 atom stereocenters. The van der Waals surface area contributed by atoms with Crippen molar-refractivity contribution >= 4 is 12.6 Å². The van der Waals surface area contributed by atoms with E-state index in [-0.39, 0.29) is 0 Å². The number of rotatable bonds is 0. The normalized spacial score (nSPS) is 45.0. The highest BCUT2D eigenvalue weighted by atomic mass is 32.1. The van der Waals surface area contributed by atoms with Gasteiger partial charge in [0.25, 0.3) is 0 Å². The summed E-state index contributed by atoms with van der Waals surface area (Å²) in [4.78, 5) is 0. The summed E-state index contributed by atoms with van der Waals surface area (Å²) >= 11 is 4.16. The molecule has 6 heavy (non-hydrogen) atoms. The summed E-state index contributed by atoms with van der Waals surface area (Å²) in [5.74, 6) is 0. The maximum Gasteiger partial charge on any atom is 0.00597 e. The Bertz CT molecular complexity index is 43.5. The molecule has 0 unspecified atom stereocenters. The topological polar surface area (TPSA) is 26.0 Å². The molecule has 0 radical (unpaired) electrons. The van der Waals surface area contributed by atoms with Crippen LogP contribution in [0, 0.1) is 0 Å². The lowest BCUT2D eigenvalue weighted by atomic mass is 9.94. The Morgan fingerprint density at radius 3 is 2.00 bits per heavy atom.